The standard InChI is InChI=1S/C18H18N2O5S/c1-10-14-16(26-15(10)18(22)23)19-9-20(17(14)21)7-6-11-4-5-12(24-2)13(8-11)25-3/h4-5,8-9H,6-7H2,1-3H3,(H,22,23). The van der Waals surface area contributed by atoms with Crippen molar-refractivity contribution in [2.75, 3.05) is 14.2 Å². The Bertz CT molecular complexity index is 1040. The molecule has 2 heterocycles. The number of nitrogens with zero attached hydrogens (tertiary/aromatic N) is 2. The van der Waals surface area contributed by atoms with Crippen molar-refractivity contribution in [3.05, 3.63) is 50.9 Å². The fourth-order valence-corrected chi connectivity index (χ4v) is 3.79. The van der Waals surface area contributed by atoms with Gasteiger partial charge in [-0.1, -0.05) is 6.07 Å². The lowest BCUT2D eigenvalue weighted by Gasteiger charge is -2.10. The molecule has 0 amide bonds. The minimum Gasteiger partial charge on any atom is -0.493 e. The van der Waals surface area contributed by atoms with Crippen molar-refractivity contribution in [2.45, 2.75) is 19.9 Å². The van der Waals surface area contributed by atoms with Gasteiger partial charge in [-0.15, -0.1) is 11.3 Å². The first-order valence-electron chi connectivity index (χ1n) is 7.89. The number of rotatable bonds is 6. The molecule has 1 aromatic carbocycles. The second-order valence-corrected chi connectivity index (χ2v) is 6.72. The largest absolute Gasteiger partial charge is 0.493 e. The topological polar surface area (TPSA) is 90.7 Å². The summed E-state index contributed by atoms with van der Waals surface area (Å²) < 4.78 is 12.0. The zero-order valence-electron chi connectivity index (χ0n) is 14.6. The maximum atomic E-state index is 12.7. The van der Waals surface area contributed by atoms with Gasteiger partial charge in [-0.3, -0.25) is 9.36 Å². The third-order valence-electron chi connectivity index (χ3n) is 4.20. The zero-order chi connectivity index (χ0) is 18.8. The monoisotopic (exact) mass is 374 g/mol. The molecule has 1 N–H and O–H groups in total. The van der Waals surface area contributed by atoms with Crippen LogP contribution in [0.25, 0.3) is 10.2 Å². The number of hydrogen-bond donors (Lipinski definition) is 1. The summed E-state index contributed by atoms with van der Waals surface area (Å²) in [5, 5.41) is 9.60. The number of aromatic carboxylic acids is 1. The van der Waals surface area contributed by atoms with Gasteiger partial charge in [-0.25, -0.2) is 9.78 Å². The van der Waals surface area contributed by atoms with E-state index in [2.05, 4.69) is 4.98 Å². The number of benzene rings is 1. The van der Waals surface area contributed by atoms with Crippen molar-refractivity contribution in [1.29, 1.82) is 0 Å². The van der Waals surface area contributed by atoms with E-state index in [-0.39, 0.29) is 10.4 Å². The van der Waals surface area contributed by atoms with Crippen LogP contribution in [-0.2, 0) is 13.0 Å². The van der Waals surface area contributed by atoms with E-state index in [1.807, 2.05) is 18.2 Å². The number of aryl methyl sites for hydroxylation is 3. The van der Waals surface area contributed by atoms with Gasteiger partial charge in [0.05, 0.1) is 25.9 Å². The predicted molar refractivity (Wildman–Crippen MR) is 98.8 cm³/mol. The Morgan fingerprint density at radius 3 is 2.65 bits per heavy atom. The number of fused-ring (bicyclic) bond motifs is 1. The first-order chi connectivity index (χ1) is 12.5. The third kappa shape index (κ3) is 3.15. The molecule has 8 heteroatoms. The molecule has 2 aromatic heterocycles. The Kier molecular flexibility index (Phi) is 4.94. The number of thiophene rings is 1. The summed E-state index contributed by atoms with van der Waals surface area (Å²) in [6.07, 6.45) is 2.06. The molecule has 0 aliphatic rings. The lowest BCUT2D eigenvalue weighted by atomic mass is 10.1. The molecule has 136 valence electrons. The van der Waals surface area contributed by atoms with Crippen LogP contribution in [0.15, 0.2) is 29.3 Å². The minimum absolute atomic E-state index is 0.155. The van der Waals surface area contributed by atoms with Gasteiger partial charge in [0.1, 0.15) is 9.71 Å². The van der Waals surface area contributed by atoms with Gasteiger partial charge in [-0.05, 0) is 36.6 Å². The van der Waals surface area contributed by atoms with Crippen LogP contribution < -0.4 is 15.0 Å². The van der Waals surface area contributed by atoms with Gasteiger partial charge in [0.2, 0.25) is 0 Å². The molecule has 3 rings (SSSR count). The number of carboxylic acids is 1. The highest BCUT2D eigenvalue weighted by Gasteiger charge is 2.18. The van der Waals surface area contributed by atoms with Crippen LogP contribution in [0.2, 0.25) is 0 Å². The Hall–Kier alpha value is -2.87. The summed E-state index contributed by atoms with van der Waals surface area (Å²) in [5.74, 6) is 0.235. The van der Waals surface area contributed by atoms with E-state index in [0.29, 0.717) is 40.2 Å². The molecule has 0 aliphatic carbocycles. The smallest absolute Gasteiger partial charge is 0.346 e. The van der Waals surface area contributed by atoms with Gasteiger partial charge < -0.3 is 14.6 Å². The zero-order valence-corrected chi connectivity index (χ0v) is 15.4. The number of carboxylic acid groups (broad SMARTS) is 1. The molecule has 0 aliphatic heterocycles. The SMILES string of the molecule is COc1ccc(CCn2cnc3sc(C(=O)O)c(C)c3c2=O)cc1OC. The minimum atomic E-state index is -1.04. The van der Waals surface area contributed by atoms with E-state index in [9.17, 15) is 14.7 Å². The quantitative estimate of drug-likeness (QED) is 0.713. The van der Waals surface area contributed by atoms with Crippen LogP contribution in [0.4, 0.5) is 0 Å². The lowest BCUT2D eigenvalue weighted by molar-refractivity contribution is 0.0701. The number of aromatic nitrogens is 2. The van der Waals surface area contributed by atoms with Gasteiger partial charge in [0, 0.05) is 6.54 Å². The predicted octanol–water partition coefficient (Wildman–Crippen LogP) is 2.72. The van der Waals surface area contributed by atoms with E-state index in [4.69, 9.17) is 9.47 Å². The van der Waals surface area contributed by atoms with Crippen LogP contribution >= 0.6 is 11.3 Å². The molecular weight excluding hydrogens is 356 g/mol. The van der Waals surface area contributed by atoms with Crippen LogP contribution in [0.3, 0.4) is 0 Å². The average Bonchev–Trinajstić information content (AvgIpc) is 2.98. The van der Waals surface area contributed by atoms with Crippen molar-refractivity contribution in [2.24, 2.45) is 0 Å². The normalized spacial score (nSPS) is 10.9. The average molecular weight is 374 g/mol. The van der Waals surface area contributed by atoms with Crippen LogP contribution in [-0.4, -0.2) is 34.8 Å². The van der Waals surface area contributed by atoms with E-state index < -0.39 is 5.97 Å². The highest BCUT2D eigenvalue weighted by atomic mass is 32.1. The number of ether oxygens (including phenoxy) is 2. The second kappa shape index (κ2) is 7.17. The van der Waals surface area contributed by atoms with Gasteiger partial charge >= 0.3 is 5.97 Å². The summed E-state index contributed by atoms with van der Waals surface area (Å²) in [6, 6.07) is 5.60. The van der Waals surface area contributed by atoms with Crippen molar-refractivity contribution in [1.82, 2.24) is 9.55 Å². The molecule has 0 bridgehead atoms. The summed E-state index contributed by atoms with van der Waals surface area (Å²) in [7, 11) is 3.15. The summed E-state index contributed by atoms with van der Waals surface area (Å²) >= 11 is 1.02. The fourth-order valence-electron chi connectivity index (χ4n) is 2.81. The fraction of sp³-hybridized carbons (Fsp3) is 0.278. The van der Waals surface area contributed by atoms with E-state index in [1.54, 1.807) is 21.1 Å². The first-order valence-corrected chi connectivity index (χ1v) is 8.70. The number of methoxy groups -OCH3 is 2. The Morgan fingerprint density at radius 2 is 2.00 bits per heavy atom. The molecule has 0 spiro atoms. The van der Waals surface area contributed by atoms with Gasteiger partial charge in [-0.2, -0.15) is 0 Å². The highest BCUT2D eigenvalue weighted by molar-refractivity contribution is 7.20. The molecule has 7 nitrogen and oxygen atoms in total. The lowest BCUT2D eigenvalue weighted by Crippen LogP contribution is -2.21. The molecule has 0 fully saturated rings. The third-order valence-corrected chi connectivity index (χ3v) is 5.39. The Morgan fingerprint density at radius 1 is 1.27 bits per heavy atom. The second-order valence-electron chi connectivity index (χ2n) is 5.72. The maximum Gasteiger partial charge on any atom is 0.346 e. The van der Waals surface area contributed by atoms with E-state index >= 15 is 0 Å². The number of hydrogen-bond acceptors (Lipinski definition) is 6. The van der Waals surface area contributed by atoms with Crippen molar-refractivity contribution in [3.63, 3.8) is 0 Å². The molecule has 0 saturated heterocycles. The van der Waals surface area contributed by atoms with Crippen molar-refractivity contribution in [3.8, 4) is 11.5 Å². The Labute approximate surface area is 153 Å². The maximum absolute atomic E-state index is 12.7. The summed E-state index contributed by atoms with van der Waals surface area (Å²) in [4.78, 5) is 28.8. The highest BCUT2D eigenvalue weighted by Crippen LogP contribution is 2.28. The molecule has 26 heavy (non-hydrogen) atoms. The molecule has 0 saturated carbocycles. The van der Waals surface area contributed by atoms with Crippen LogP contribution in [0, 0.1) is 6.92 Å². The van der Waals surface area contributed by atoms with Gasteiger partial charge in [0.25, 0.3) is 5.56 Å². The van der Waals surface area contributed by atoms with Crippen molar-refractivity contribution < 1.29 is 19.4 Å². The van der Waals surface area contributed by atoms with Crippen LogP contribution in [0.1, 0.15) is 20.8 Å². The molecule has 0 atom stereocenters. The Balaban J connectivity index is 1.90. The first kappa shape index (κ1) is 17.9. The van der Waals surface area contributed by atoms with Crippen LogP contribution in [0.5, 0.6) is 11.5 Å². The van der Waals surface area contributed by atoms with E-state index in [0.717, 1.165) is 16.9 Å². The van der Waals surface area contributed by atoms with E-state index in [1.165, 1.54) is 10.9 Å². The molecule has 0 unspecified atom stereocenters. The number of carbonyl (C=O) groups is 1. The summed E-state index contributed by atoms with van der Waals surface area (Å²) in [5.41, 5.74) is 1.23. The molecule has 3 aromatic rings. The molecular formula is C18H18N2O5S. The van der Waals surface area contributed by atoms with Crippen molar-refractivity contribution >= 4 is 27.5 Å². The van der Waals surface area contributed by atoms with Gasteiger partial charge in [0.15, 0.2) is 11.5 Å². The molecule has 0 radical (unpaired) electrons. The summed E-state index contributed by atoms with van der Waals surface area (Å²) in [6.45, 7) is 2.07.